The van der Waals surface area contributed by atoms with E-state index in [1.54, 1.807) is 0 Å². The predicted molar refractivity (Wildman–Crippen MR) is 101 cm³/mol. The minimum absolute atomic E-state index is 0.172. The Kier molecular flexibility index (Phi) is 3.97. The lowest BCUT2D eigenvalue weighted by molar-refractivity contribution is 0.104. The molecule has 0 radical (unpaired) electrons. The summed E-state index contributed by atoms with van der Waals surface area (Å²) >= 11 is 0. The third-order valence-corrected chi connectivity index (χ3v) is 4.63. The molecule has 1 aromatic heterocycles. The van der Waals surface area contributed by atoms with E-state index in [-0.39, 0.29) is 6.61 Å². The van der Waals surface area contributed by atoms with Crippen molar-refractivity contribution in [2.75, 3.05) is 13.2 Å². The van der Waals surface area contributed by atoms with Crippen LogP contribution in [0.4, 0.5) is 4.79 Å². The monoisotopic (exact) mass is 349 g/mol. The number of amidine groups is 1. The molecule has 0 bridgehead atoms. The molecule has 0 saturated heterocycles. The van der Waals surface area contributed by atoms with E-state index in [2.05, 4.69) is 45.6 Å². The van der Waals surface area contributed by atoms with Crippen LogP contribution in [-0.2, 0) is 10.3 Å². The number of amides is 1. The van der Waals surface area contributed by atoms with Crippen molar-refractivity contribution >= 4 is 22.8 Å². The smallest absolute Gasteiger partial charge is 0.410 e. The highest BCUT2D eigenvalue weighted by atomic mass is 16.5. The first-order valence-corrected chi connectivity index (χ1v) is 8.38. The van der Waals surface area contributed by atoms with Gasteiger partial charge < -0.3 is 14.8 Å². The molecule has 0 spiro atoms. The SMILES string of the molecule is CC1(c2cccc(-c3ccc4[nH]ccc4c3)c2)COCC(NC(=O)O)=N1. The maximum absolute atomic E-state index is 10.9. The van der Waals surface area contributed by atoms with Gasteiger partial charge in [-0.2, -0.15) is 0 Å². The third kappa shape index (κ3) is 3.07. The van der Waals surface area contributed by atoms with Crippen LogP contribution >= 0.6 is 0 Å². The molecule has 1 amide bonds. The maximum atomic E-state index is 10.9. The minimum atomic E-state index is -1.13. The first-order chi connectivity index (χ1) is 12.5. The molecule has 4 rings (SSSR count). The summed E-state index contributed by atoms with van der Waals surface area (Å²) in [6.45, 7) is 2.52. The number of aliphatic imine (C=N–C) groups is 1. The summed E-state index contributed by atoms with van der Waals surface area (Å²) in [5, 5.41) is 12.4. The van der Waals surface area contributed by atoms with Crippen LogP contribution in [0.3, 0.4) is 0 Å². The molecule has 3 aromatic rings. The Labute approximate surface area is 150 Å². The van der Waals surface area contributed by atoms with Gasteiger partial charge in [-0.1, -0.05) is 24.3 Å². The van der Waals surface area contributed by atoms with E-state index in [1.165, 1.54) is 0 Å². The number of rotatable bonds is 2. The van der Waals surface area contributed by atoms with Crippen molar-refractivity contribution < 1.29 is 14.6 Å². The van der Waals surface area contributed by atoms with Crippen LogP contribution in [0.2, 0.25) is 0 Å². The first kappa shape index (κ1) is 16.4. The lowest BCUT2D eigenvalue weighted by Gasteiger charge is -2.31. The van der Waals surface area contributed by atoms with Crippen molar-refractivity contribution in [3.8, 4) is 11.1 Å². The number of H-pyrrole nitrogens is 1. The molecule has 0 saturated carbocycles. The topological polar surface area (TPSA) is 86.7 Å². The summed E-state index contributed by atoms with van der Waals surface area (Å²) in [7, 11) is 0. The molecule has 26 heavy (non-hydrogen) atoms. The summed E-state index contributed by atoms with van der Waals surface area (Å²) in [6.07, 6.45) is 0.793. The van der Waals surface area contributed by atoms with Gasteiger partial charge in [0.1, 0.15) is 18.0 Å². The van der Waals surface area contributed by atoms with Crippen molar-refractivity contribution in [3.63, 3.8) is 0 Å². The van der Waals surface area contributed by atoms with Crippen LogP contribution in [0.1, 0.15) is 12.5 Å². The molecule has 1 aliphatic heterocycles. The van der Waals surface area contributed by atoms with E-state index >= 15 is 0 Å². The molecule has 1 atom stereocenters. The van der Waals surface area contributed by atoms with Crippen LogP contribution in [0.5, 0.6) is 0 Å². The van der Waals surface area contributed by atoms with Crippen molar-refractivity contribution in [1.29, 1.82) is 0 Å². The maximum Gasteiger partial charge on any atom is 0.410 e. The summed E-state index contributed by atoms with van der Waals surface area (Å²) in [5.41, 5.74) is 3.65. The standard InChI is InChI=1S/C20H19N3O3/c1-20(12-26-11-18(23-20)22-19(24)25)16-4-2-3-13(10-16)14-5-6-17-15(9-14)7-8-21-17/h2-10,21H,11-12H2,1H3,(H,22,23)(H,24,25). The number of ether oxygens (including phenoxy) is 1. The van der Waals surface area contributed by atoms with Gasteiger partial charge in [-0.15, -0.1) is 0 Å². The molecular weight excluding hydrogens is 330 g/mol. The Morgan fingerprint density at radius 1 is 1.23 bits per heavy atom. The van der Waals surface area contributed by atoms with Crippen LogP contribution in [0.15, 0.2) is 59.7 Å². The number of nitrogens with zero attached hydrogens (tertiary/aromatic N) is 1. The molecule has 0 aliphatic carbocycles. The van der Waals surface area contributed by atoms with E-state index in [4.69, 9.17) is 9.84 Å². The second kappa shape index (κ2) is 6.31. The van der Waals surface area contributed by atoms with Crippen molar-refractivity contribution in [3.05, 3.63) is 60.3 Å². The Morgan fingerprint density at radius 3 is 2.92 bits per heavy atom. The molecule has 1 aliphatic rings. The molecular formula is C20H19N3O3. The quantitative estimate of drug-likeness (QED) is 0.658. The highest BCUT2D eigenvalue weighted by molar-refractivity contribution is 5.96. The summed E-state index contributed by atoms with van der Waals surface area (Å²) in [5.74, 6) is 0.324. The van der Waals surface area contributed by atoms with Gasteiger partial charge >= 0.3 is 6.09 Å². The number of aromatic amines is 1. The zero-order chi connectivity index (χ0) is 18.1. The number of hydrogen-bond donors (Lipinski definition) is 3. The largest absolute Gasteiger partial charge is 0.465 e. The molecule has 132 valence electrons. The van der Waals surface area contributed by atoms with E-state index in [1.807, 2.05) is 31.3 Å². The van der Waals surface area contributed by atoms with Gasteiger partial charge in [-0.3, -0.25) is 10.3 Å². The molecule has 0 fully saturated rings. The normalized spacial score (nSPS) is 20.0. The van der Waals surface area contributed by atoms with E-state index in [0.29, 0.717) is 12.4 Å². The number of hydrogen-bond acceptors (Lipinski definition) is 3. The number of carbonyl (C=O) groups is 1. The van der Waals surface area contributed by atoms with Gasteiger partial charge in [-0.25, -0.2) is 4.79 Å². The number of nitrogens with one attached hydrogen (secondary N) is 2. The molecule has 6 heteroatoms. The van der Waals surface area contributed by atoms with Crippen LogP contribution in [0.25, 0.3) is 22.0 Å². The van der Waals surface area contributed by atoms with Crippen LogP contribution < -0.4 is 5.32 Å². The molecule has 2 aromatic carbocycles. The average Bonchev–Trinajstić information content (AvgIpc) is 3.09. The van der Waals surface area contributed by atoms with E-state index < -0.39 is 11.6 Å². The number of aromatic nitrogens is 1. The number of benzene rings is 2. The van der Waals surface area contributed by atoms with Gasteiger partial charge in [-0.05, 0) is 53.3 Å². The zero-order valence-corrected chi connectivity index (χ0v) is 14.3. The molecule has 2 heterocycles. The highest BCUT2D eigenvalue weighted by Gasteiger charge is 2.31. The first-order valence-electron chi connectivity index (χ1n) is 8.38. The zero-order valence-electron chi connectivity index (χ0n) is 14.3. The highest BCUT2D eigenvalue weighted by Crippen LogP contribution is 2.32. The predicted octanol–water partition coefficient (Wildman–Crippen LogP) is 3.75. The van der Waals surface area contributed by atoms with Gasteiger partial charge in [0.25, 0.3) is 0 Å². The molecule has 6 nitrogen and oxygen atoms in total. The molecule has 1 unspecified atom stereocenters. The molecule has 3 N–H and O–H groups in total. The van der Waals surface area contributed by atoms with Crippen LogP contribution in [-0.4, -0.2) is 35.2 Å². The number of carboxylic acid groups (broad SMARTS) is 1. The van der Waals surface area contributed by atoms with Crippen molar-refractivity contribution in [2.24, 2.45) is 4.99 Å². The van der Waals surface area contributed by atoms with Gasteiger partial charge in [0.05, 0.1) is 6.61 Å². The number of fused-ring (bicyclic) bond motifs is 1. The van der Waals surface area contributed by atoms with Gasteiger partial charge in [0, 0.05) is 11.7 Å². The lowest BCUT2D eigenvalue weighted by Crippen LogP contribution is -2.42. The van der Waals surface area contributed by atoms with Gasteiger partial charge in [0.2, 0.25) is 0 Å². The van der Waals surface area contributed by atoms with Crippen LogP contribution in [0, 0.1) is 0 Å². The fraction of sp³-hybridized carbons (Fsp3) is 0.200. The Bertz CT molecular complexity index is 1010. The second-order valence-electron chi connectivity index (χ2n) is 6.62. The second-order valence-corrected chi connectivity index (χ2v) is 6.62. The fourth-order valence-electron chi connectivity index (χ4n) is 3.31. The van der Waals surface area contributed by atoms with Crippen molar-refractivity contribution in [2.45, 2.75) is 12.5 Å². The summed E-state index contributed by atoms with van der Waals surface area (Å²) < 4.78 is 5.59. The Hall–Kier alpha value is -3.12. The summed E-state index contributed by atoms with van der Waals surface area (Å²) in [6, 6.07) is 16.5. The fourth-order valence-corrected chi connectivity index (χ4v) is 3.31. The minimum Gasteiger partial charge on any atom is -0.465 e. The van der Waals surface area contributed by atoms with Crippen molar-refractivity contribution in [1.82, 2.24) is 10.3 Å². The van der Waals surface area contributed by atoms with E-state index in [0.717, 1.165) is 27.6 Å². The average molecular weight is 349 g/mol. The summed E-state index contributed by atoms with van der Waals surface area (Å²) in [4.78, 5) is 18.7. The van der Waals surface area contributed by atoms with E-state index in [9.17, 15) is 4.79 Å². The Morgan fingerprint density at radius 2 is 2.08 bits per heavy atom. The Balaban J connectivity index is 1.71. The van der Waals surface area contributed by atoms with Gasteiger partial charge in [0.15, 0.2) is 0 Å². The lowest BCUT2D eigenvalue weighted by atomic mass is 9.90. The third-order valence-electron chi connectivity index (χ3n) is 4.63.